The first-order valence-corrected chi connectivity index (χ1v) is 7.76. The van der Waals surface area contributed by atoms with Gasteiger partial charge in [0.15, 0.2) is 5.88 Å². The van der Waals surface area contributed by atoms with Gasteiger partial charge in [-0.05, 0) is 43.5 Å². The molecule has 1 aromatic carbocycles. The molecule has 0 saturated carbocycles. The highest BCUT2D eigenvalue weighted by atomic mass is 16.3. The number of aromatic hydroxyl groups is 1. The third-order valence-corrected chi connectivity index (χ3v) is 3.95. The molecular formula is C18H21N3O3. The zero-order valence-corrected chi connectivity index (χ0v) is 13.8. The van der Waals surface area contributed by atoms with Gasteiger partial charge in [-0.2, -0.15) is 5.26 Å². The van der Waals surface area contributed by atoms with Crippen molar-refractivity contribution in [3.63, 3.8) is 0 Å². The van der Waals surface area contributed by atoms with Crippen molar-refractivity contribution in [2.24, 2.45) is 0 Å². The molecule has 2 aromatic rings. The Labute approximate surface area is 140 Å². The zero-order chi connectivity index (χ0) is 17.7. The highest BCUT2D eigenvalue weighted by molar-refractivity contribution is 5.50. The van der Waals surface area contributed by atoms with Gasteiger partial charge < -0.3 is 15.5 Å². The monoisotopic (exact) mass is 327 g/mol. The Morgan fingerprint density at radius 2 is 2.08 bits per heavy atom. The Bertz CT molecular complexity index is 835. The lowest BCUT2D eigenvalue weighted by Crippen LogP contribution is -2.26. The Morgan fingerprint density at radius 3 is 2.71 bits per heavy atom. The number of hydrogen-bond donors (Lipinski definition) is 3. The summed E-state index contributed by atoms with van der Waals surface area (Å²) in [6.45, 7) is 3.99. The van der Waals surface area contributed by atoms with E-state index in [0.29, 0.717) is 17.5 Å². The van der Waals surface area contributed by atoms with E-state index in [1.807, 2.05) is 37.3 Å². The fraction of sp³-hybridized carbons (Fsp3) is 0.333. The normalized spacial score (nSPS) is 10.4. The first kappa shape index (κ1) is 17.6. The molecule has 3 N–H and O–H groups in total. The van der Waals surface area contributed by atoms with E-state index in [1.54, 1.807) is 6.92 Å². The van der Waals surface area contributed by atoms with Gasteiger partial charge in [-0.1, -0.05) is 12.1 Å². The number of hydrogen-bond acceptors (Lipinski definition) is 5. The molecule has 0 bridgehead atoms. The van der Waals surface area contributed by atoms with Crippen LogP contribution in [-0.2, 0) is 13.1 Å². The second kappa shape index (κ2) is 7.66. The van der Waals surface area contributed by atoms with Crippen molar-refractivity contribution in [3.8, 4) is 11.9 Å². The maximum absolute atomic E-state index is 12.3. The van der Waals surface area contributed by atoms with Gasteiger partial charge in [-0.3, -0.25) is 9.36 Å². The second-order valence-corrected chi connectivity index (χ2v) is 5.67. The minimum Gasteiger partial charge on any atom is -0.494 e. The Hall–Kier alpha value is -2.78. The molecule has 1 aromatic heterocycles. The summed E-state index contributed by atoms with van der Waals surface area (Å²) in [5.41, 5.74) is 2.46. The number of aliphatic hydroxyl groups excluding tert-OH is 1. The number of aromatic nitrogens is 1. The topological polar surface area (TPSA) is 98.3 Å². The number of nitriles is 1. The summed E-state index contributed by atoms with van der Waals surface area (Å²) in [5.74, 6) is -0.162. The highest BCUT2D eigenvalue weighted by Gasteiger charge is 2.18. The first-order valence-electron chi connectivity index (χ1n) is 7.76. The van der Waals surface area contributed by atoms with Crippen molar-refractivity contribution in [2.45, 2.75) is 33.4 Å². The van der Waals surface area contributed by atoms with Crippen molar-refractivity contribution in [3.05, 3.63) is 56.9 Å². The molecule has 24 heavy (non-hydrogen) atoms. The second-order valence-electron chi connectivity index (χ2n) is 5.67. The van der Waals surface area contributed by atoms with Crippen LogP contribution in [0.15, 0.2) is 29.1 Å². The number of anilines is 1. The van der Waals surface area contributed by atoms with Crippen molar-refractivity contribution in [2.75, 3.05) is 11.9 Å². The minimum absolute atomic E-state index is 0.0202. The van der Waals surface area contributed by atoms with Crippen LogP contribution < -0.4 is 10.9 Å². The van der Waals surface area contributed by atoms with E-state index < -0.39 is 5.56 Å². The van der Waals surface area contributed by atoms with Crippen LogP contribution in [0.1, 0.15) is 28.7 Å². The average Bonchev–Trinajstić information content (AvgIpc) is 2.55. The summed E-state index contributed by atoms with van der Waals surface area (Å²) in [5, 5.41) is 31.9. The molecule has 0 radical (unpaired) electrons. The molecule has 0 aliphatic rings. The van der Waals surface area contributed by atoms with Crippen LogP contribution in [0.4, 0.5) is 5.69 Å². The summed E-state index contributed by atoms with van der Waals surface area (Å²) < 4.78 is 1.15. The molecule has 0 unspecified atom stereocenters. The Balaban J connectivity index is 2.41. The molecule has 126 valence electrons. The van der Waals surface area contributed by atoms with E-state index in [-0.39, 0.29) is 31.1 Å². The lowest BCUT2D eigenvalue weighted by atomic mass is 10.0. The van der Waals surface area contributed by atoms with E-state index in [1.165, 1.54) is 0 Å². The summed E-state index contributed by atoms with van der Waals surface area (Å²) >= 11 is 0. The molecule has 0 amide bonds. The number of benzene rings is 1. The van der Waals surface area contributed by atoms with Gasteiger partial charge in [0.2, 0.25) is 0 Å². The van der Waals surface area contributed by atoms with Crippen LogP contribution in [0.3, 0.4) is 0 Å². The van der Waals surface area contributed by atoms with Crippen LogP contribution in [0.5, 0.6) is 5.88 Å². The predicted molar refractivity (Wildman–Crippen MR) is 92.0 cm³/mol. The van der Waals surface area contributed by atoms with Gasteiger partial charge in [0.1, 0.15) is 11.6 Å². The zero-order valence-electron chi connectivity index (χ0n) is 13.8. The number of aliphatic hydroxyl groups is 1. The van der Waals surface area contributed by atoms with Crippen molar-refractivity contribution < 1.29 is 10.2 Å². The quantitative estimate of drug-likeness (QED) is 0.754. The van der Waals surface area contributed by atoms with Crippen molar-refractivity contribution in [1.82, 2.24) is 4.57 Å². The number of nitrogens with one attached hydrogen (secondary N) is 1. The van der Waals surface area contributed by atoms with Gasteiger partial charge >= 0.3 is 0 Å². The Kier molecular flexibility index (Phi) is 5.61. The summed E-state index contributed by atoms with van der Waals surface area (Å²) in [4.78, 5) is 12.3. The van der Waals surface area contributed by atoms with Crippen molar-refractivity contribution in [1.29, 1.82) is 5.26 Å². The summed E-state index contributed by atoms with van der Waals surface area (Å²) in [6.07, 6.45) is 0.326. The molecular weight excluding hydrogens is 306 g/mol. The van der Waals surface area contributed by atoms with E-state index in [2.05, 4.69) is 5.32 Å². The lowest BCUT2D eigenvalue weighted by Gasteiger charge is -2.17. The molecule has 0 saturated heterocycles. The average molecular weight is 327 g/mol. The number of rotatable bonds is 6. The van der Waals surface area contributed by atoms with Gasteiger partial charge in [-0.15, -0.1) is 0 Å². The predicted octanol–water partition coefficient (Wildman–Crippen LogP) is 2.04. The molecule has 0 atom stereocenters. The molecule has 6 nitrogen and oxygen atoms in total. The lowest BCUT2D eigenvalue weighted by molar-refractivity contribution is 0.274. The highest BCUT2D eigenvalue weighted by Crippen LogP contribution is 2.23. The molecule has 0 aliphatic carbocycles. The molecule has 1 heterocycles. The fourth-order valence-corrected chi connectivity index (χ4v) is 2.60. The number of aryl methyl sites for hydroxylation is 1. The minimum atomic E-state index is -0.528. The summed E-state index contributed by atoms with van der Waals surface area (Å²) in [7, 11) is 0. The SMILES string of the molecule is Cc1cccc(NCc2c(C)c(C#N)c(=O)n(CCCO)c2O)c1. The van der Waals surface area contributed by atoms with Gasteiger partial charge in [0, 0.05) is 30.9 Å². The maximum atomic E-state index is 12.3. The van der Waals surface area contributed by atoms with Gasteiger partial charge in [-0.25, -0.2) is 0 Å². The van der Waals surface area contributed by atoms with Crippen LogP contribution in [0.25, 0.3) is 0 Å². The number of pyridine rings is 1. The molecule has 0 fully saturated rings. The maximum Gasteiger partial charge on any atom is 0.271 e. The molecule has 6 heteroatoms. The summed E-state index contributed by atoms with van der Waals surface area (Å²) in [6, 6.07) is 9.71. The van der Waals surface area contributed by atoms with E-state index in [9.17, 15) is 15.2 Å². The Morgan fingerprint density at radius 1 is 1.33 bits per heavy atom. The third-order valence-electron chi connectivity index (χ3n) is 3.95. The van der Waals surface area contributed by atoms with Gasteiger partial charge in [0.05, 0.1) is 0 Å². The smallest absolute Gasteiger partial charge is 0.271 e. The molecule has 0 spiro atoms. The van der Waals surface area contributed by atoms with E-state index >= 15 is 0 Å². The molecule has 0 aliphatic heterocycles. The molecule has 2 rings (SSSR count). The largest absolute Gasteiger partial charge is 0.494 e. The standard InChI is InChI=1S/C18H21N3O3/c1-12-5-3-6-14(9-12)20-11-16-13(2)15(10-19)17(23)21(18(16)24)7-4-8-22/h3,5-6,9,20,22,24H,4,7-8,11H2,1-2H3. The van der Waals surface area contributed by atoms with Crippen molar-refractivity contribution >= 4 is 5.69 Å². The first-order chi connectivity index (χ1) is 11.5. The fourth-order valence-electron chi connectivity index (χ4n) is 2.60. The van der Waals surface area contributed by atoms with Crippen LogP contribution >= 0.6 is 0 Å². The van der Waals surface area contributed by atoms with E-state index in [0.717, 1.165) is 15.8 Å². The third kappa shape index (κ3) is 3.58. The van der Waals surface area contributed by atoms with E-state index in [4.69, 9.17) is 5.11 Å². The number of nitrogens with zero attached hydrogens (tertiary/aromatic N) is 2. The van der Waals surface area contributed by atoms with Gasteiger partial charge in [0.25, 0.3) is 5.56 Å². The van der Waals surface area contributed by atoms with Crippen LogP contribution in [-0.4, -0.2) is 21.4 Å². The van der Waals surface area contributed by atoms with Crippen LogP contribution in [0, 0.1) is 25.2 Å². The van der Waals surface area contributed by atoms with Crippen LogP contribution in [0.2, 0.25) is 0 Å².